The molecular weight excluding hydrogens is 340 g/mol. The van der Waals surface area contributed by atoms with Gasteiger partial charge in [-0.2, -0.15) is 5.26 Å². The Morgan fingerprint density at radius 2 is 2.07 bits per heavy atom. The fourth-order valence-electron chi connectivity index (χ4n) is 4.55. The standard InChI is InChI=1S/C21H35N4O2/c1-2-13-25-14-12-21(16-22,15-18(25)9-10-19(23)26)24-20(27)11-8-17-6-4-3-5-7-17/h11,17-18H,2-10,12-15H2,1H3,(H2,23,26)(H,24,27). The summed E-state index contributed by atoms with van der Waals surface area (Å²) in [7, 11) is 0. The molecule has 0 aromatic heterocycles. The number of carbonyl (C=O) groups excluding carboxylic acids is 2. The van der Waals surface area contributed by atoms with E-state index in [1.54, 1.807) is 6.42 Å². The van der Waals surface area contributed by atoms with Gasteiger partial charge in [-0.05, 0) is 44.6 Å². The second-order valence-electron chi connectivity index (χ2n) is 8.28. The number of carbonyl (C=O) groups is 2. The molecular formula is C21H35N4O2. The van der Waals surface area contributed by atoms with Gasteiger partial charge in [0.1, 0.15) is 5.54 Å². The molecule has 27 heavy (non-hydrogen) atoms. The van der Waals surface area contributed by atoms with Gasteiger partial charge in [-0.3, -0.25) is 9.59 Å². The van der Waals surface area contributed by atoms with E-state index in [4.69, 9.17) is 5.73 Å². The van der Waals surface area contributed by atoms with E-state index in [1.165, 1.54) is 32.1 Å². The summed E-state index contributed by atoms with van der Waals surface area (Å²) in [6, 6.07) is 2.47. The van der Waals surface area contributed by atoms with Gasteiger partial charge in [0, 0.05) is 25.4 Å². The molecule has 1 saturated carbocycles. The number of rotatable bonds is 9. The lowest BCUT2D eigenvalue weighted by Crippen LogP contribution is -2.58. The molecule has 151 valence electrons. The minimum Gasteiger partial charge on any atom is -0.370 e. The molecule has 2 atom stereocenters. The highest BCUT2D eigenvalue weighted by Gasteiger charge is 2.41. The minimum atomic E-state index is -0.841. The third-order valence-electron chi connectivity index (χ3n) is 6.10. The van der Waals surface area contributed by atoms with E-state index in [2.05, 4.69) is 23.2 Å². The van der Waals surface area contributed by atoms with E-state index < -0.39 is 5.54 Å². The normalized spacial score (nSPS) is 27.0. The number of piperidine rings is 1. The number of hydrogen-bond donors (Lipinski definition) is 2. The fourth-order valence-corrected chi connectivity index (χ4v) is 4.55. The summed E-state index contributed by atoms with van der Waals surface area (Å²) in [6.07, 6.45) is 11.9. The number of nitrogens with two attached hydrogens (primary N) is 1. The van der Waals surface area contributed by atoms with Gasteiger partial charge in [-0.15, -0.1) is 0 Å². The van der Waals surface area contributed by atoms with E-state index >= 15 is 0 Å². The number of nitrogens with zero attached hydrogens (tertiary/aromatic N) is 2. The number of hydrogen-bond acceptors (Lipinski definition) is 4. The Bertz CT molecular complexity index is 539. The van der Waals surface area contributed by atoms with Gasteiger partial charge in [0.15, 0.2) is 0 Å². The molecule has 1 aliphatic carbocycles. The molecule has 0 aromatic carbocycles. The lowest BCUT2D eigenvalue weighted by molar-refractivity contribution is -0.121. The first-order chi connectivity index (χ1) is 13.0. The van der Waals surface area contributed by atoms with Crippen molar-refractivity contribution in [1.82, 2.24) is 10.2 Å². The van der Waals surface area contributed by atoms with Crippen LogP contribution in [0.5, 0.6) is 0 Å². The van der Waals surface area contributed by atoms with Crippen LogP contribution in [0, 0.1) is 23.7 Å². The van der Waals surface area contributed by atoms with Crippen molar-refractivity contribution in [2.24, 2.45) is 11.7 Å². The molecule has 0 bridgehead atoms. The maximum Gasteiger partial charge on any atom is 0.225 e. The van der Waals surface area contributed by atoms with Crippen molar-refractivity contribution in [2.75, 3.05) is 13.1 Å². The van der Waals surface area contributed by atoms with Gasteiger partial charge < -0.3 is 16.0 Å². The Hall–Kier alpha value is -1.61. The molecule has 1 heterocycles. The van der Waals surface area contributed by atoms with Crippen molar-refractivity contribution in [3.05, 3.63) is 6.42 Å². The number of primary amides is 1. The maximum absolute atomic E-state index is 12.5. The summed E-state index contributed by atoms with van der Waals surface area (Å²) in [4.78, 5) is 26.0. The van der Waals surface area contributed by atoms with E-state index in [9.17, 15) is 14.9 Å². The van der Waals surface area contributed by atoms with Crippen molar-refractivity contribution >= 4 is 11.8 Å². The molecule has 1 saturated heterocycles. The zero-order chi connectivity index (χ0) is 19.7. The van der Waals surface area contributed by atoms with Crippen LogP contribution in [-0.4, -0.2) is 41.4 Å². The molecule has 6 heteroatoms. The largest absolute Gasteiger partial charge is 0.370 e. The molecule has 6 nitrogen and oxygen atoms in total. The number of nitrogens with one attached hydrogen (secondary N) is 1. The Kier molecular flexibility index (Phi) is 8.56. The Balaban J connectivity index is 1.91. The van der Waals surface area contributed by atoms with Gasteiger partial charge in [0.25, 0.3) is 0 Å². The smallest absolute Gasteiger partial charge is 0.225 e. The second kappa shape index (κ2) is 10.7. The summed E-state index contributed by atoms with van der Waals surface area (Å²) in [6.45, 7) is 3.82. The van der Waals surface area contributed by atoms with E-state index in [0.717, 1.165) is 25.9 Å². The van der Waals surface area contributed by atoms with Crippen LogP contribution in [0.3, 0.4) is 0 Å². The predicted molar refractivity (Wildman–Crippen MR) is 105 cm³/mol. The fraction of sp³-hybridized carbons (Fsp3) is 0.810. The first kappa shape index (κ1) is 21.7. The Morgan fingerprint density at radius 3 is 2.70 bits per heavy atom. The summed E-state index contributed by atoms with van der Waals surface area (Å²) < 4.78 is 0. The summed E-state index contributed by atoms with van der Waals surface area (Å²) in [5.74, 6) is 0.168. The van der Waals surface area contributed by atoms with Crippen molar-refractivity contribution in [2.45, 2.75) is 89.1 Å². The molecule has 1 radical (unpaired) electrons. The lowest BCUT2D eigenvalue weighted by Gasteiger charge is -2.43. The molecule has 2 amide bonds. The molecule has 2 unspecified atom stereocenters. The number of nitriles is 1. The first-order valence-corrected chi connectivity index (χ1v) is 10.6. The topological polar surface area (TPSA) is 99.2 Å². The summed E-state index contributed by atoms with van der Waals surface area (Å²) in [5, 5.41) is 12.8. The third-order valence-corrected chi connectivity index (χ3v) is 6.10. The van der Waals surface area contributed by atoms with Crippen LogP contribution in [0.15, 0.2) is 0 Å². The van der Waals surface area contributed by atoms with Gasteiger partial charge in [-0.1, -0.05) is 39.0 Å². The first-order valence-electron chi connectivity index (χ1n) is 10.6. The van der Waals surface area contributed by atoms with Crippen LogP contribution in [0.1, 0.15) is 77.6 Å². The average Bonchev–Trinajstić information content (AvgIpc) is 2.67. The molecule has 0 spiro atoms. The van der Waals surface area contributed by atoms with Crippen molar-refractivity contribution in [3.8, 4) is 6.07 Å². The Morgan fingerprint density at radius 1 is 1.33 bits per heavy atom. The molecule has 2 fully saturated rings. The monoisotopic (exact) mass is 375 g/mol. The number of likely N-dealkylation sites (tertiary alicyclic amines) is 1. The highest BCUT2D eigenvalue weighted by molar-refractivity contribution is 5.85. The van der Waals surface area contributed by atoms with E-state index in [0.29, 0.717) is 31.6 Å². The van der Waals surface area contributed by atoms with E-state index in [-0.39, 0.29) is 17.9 Å². The van der Waals surface area contributed by atoms with Crippen molar-refractivity contribution < 1.29 is 9.59 Å². The van der Waals surface area contributed by atoms with Crippen LogP contribution in [-0.2, 0) is 9.59 Å². The lowest BCUT2D eigenvalue weighted by atomic mass is 9.82. The Labute approximate surface area is 163 Å². The molecule has 3 N–H and O–H groups in total. The second-order valence-corrected chi connectivity index (χ2v) is 8.28. The SMILES string of the molecule is CCCN1CCC(C#N)(NC(=O)[CH]CC2CCCCC2)CC1CCC(N)=O. The van der Waals surface area contributed by atoms with Crippen molar-refractivity contribution in [3.63, 3.8) is 0 Å². The molecule has 0 aromatic rings. The van der Waals surface area contributed by atoms with Gasteiger partial charge in [0.05, 0.1) is 6.07 Å². The maximum atomic E-state index is 12.5. The highest BCUT2D eigenvalue weighted by atomic mass is 16.2. The van der Waals surface area contributed by atoms with Crippen LogP contribution >= 0.6 is 0 Å². The average molecular weight is 376 g/mol. The predicted octanol–water partition coefficient (Wildman–Crippen LogP) is 2.68. The molecule has 2 aliphatic rings. The van der Waals surface area contributed by atoms with Gasteiger partial charge in [-0.25, -0.2) is 0 Å². The third kappa shape index (κ3) is 6.80. The van der Waals surface area contributed by atoms with E-state index in [1.807, 2.05) is 0 Å². The molecule has 1 aliphatic heterocycles. The van der Waals surface area contributed by atoms with Gasteiger partial charge in [0.2, 0.25) is 11.8 Å². The highest BCUT2D eigenvalue weighted by Crippen LogP contribution is 2.30. The zero-order valence-electron chi connectivity index (χ0n) is 16.7. The van der Waals surface area contributed by atoms with Crippen molar-refractivity contribution in [1.29, 1.82) is 5.26 Å². The van der Waals surface area contributed by atoms with Crippen LogP contribution in [0.4, 0.5) is 0 Å². The quantitative estimate of drug-likeness (QED) is 0.647. The van der Waals surface area contributed by atoms with Crippen LogP contribution in [0.2, 0.25) is 0 Å². The zero-order valence-corrected chi connectivity index (χ0v) is 16.7. The summed E-state index contributed by atoms with van der Waals surface area (Å²) >= 11 is 0. The summed E-state index contributed by atoms with van der Waals surface area (Å²) in [5.41, 5.74) is 4.48. The van der Waals surface area contributed by atoms with Crippen LogP contribution in [0.25, 0.3) is 0 Å². The minimum absolute atomic E-state index is 0.101. The number of amides is 2. The van der Waals surface area contributed by atoms with Crippen LogP contribution < -0.4 is 11.1 Å². The molecule has 2 rings (SSSR count). The van der Waals surface area contributed by atoms with Gasteiger partial charge >= 0.3 is 0 Å².